The van der Waals surface area contributed by atoms with E-state index < -0.39 is 6.04 Å². The Morgan fingerprint density at radius 3 is 2.68 bits per heavy atom. The highest BCUT2D eigenvalue weighted by Gasteiger charge is 2.29. The Hall–Kier alpha value is -1.39. The van der Waals surface area contributed by atoms with Gasteiger partial charge >= 0.3 is 5.97 Å². The first kappa shape index (κ1) is 14.0. The number of nitrogens with one attached hydrogen (secondary N) is 1. The molecule has 4 heteroatoms. The van der Waals surface area contributed by atoms with Crippen molar-refractivity contribution in [3.63, 3.8) is 0 Å². The van der Waals surface area contributed by atoms with Gasteiger partial charge in [-0.25, -0.2) is 4.79 Å². The van der Waals surface area contributed by atoms with Crippen LogP contribution >= 0.6 is 0 Å². The number of hydrogen-bond acceptors (Lipinski definition) is 4. The van der Waals surface area contributed by atoms with Crippen LogP contribution in [0.25, 0.3) is 0 Å². The number of aliphatic hydroxyl groups is 1. The van der Waals surface area contributed by atoms with Crippen LogP contribution in [-0.2, 0) is 9.53 Å². The van der Waals surface area contributed by atoms with Crippen molar-refractivity contribution in [2.75, 3.05) is 13.2 Å². The molecule has 1 aromatic rings. The van der Waals surface area contributed by atoms with E-state index in [0.29, 0.717) is 12.5 Å². The van der Waals surface area contributed by atoms with Gasteiger partial charge in [0.1, 0.15) is 6.04 Å². The van der Waals surface area contributed by atoms with Crippen LogP contribution in [0.15, 0.2) is 30.3 Å². The molecule has 104 valence electrons. The van der Waals surface area contributed by atoms with E-state index in [1.54, 1.807) is 0 Å². The van der Waals surface area contributed by atoms with Gasteiger partial charge in [0, 0.05) is 0 Å². The van der Waals surface area contributed by atoms with Gasteiger partial charge in [0.05, 0.1) is 12.7 Å². The molecule has 0 aromatic heterocycles. The minimum Gasteiger partial charge on any atom is -0.465 e. The van der Waals surface area contributed by atoms with Gasteiger partial charge < -0.3 is 15.2 Å². The van der Waals surface area contributed by atoms with Gasteiger partial charge in [0.15, 0.2) is 0 Å². The number of aliphatic hydroxyl groups excluding tert-OH is 1. The Kier molecular flexibility index (Phi) is 4.93. The molecule has 4 nitrogen and oxygen atoms in total. The Morgan fingerprint density at radius 2 is 2.11 bits per heavy atom. The SMILES string of the molecule is CCOC(=O)C(NCC1CC(O)C1)c1ccccc1. The molecule has 19 heavy (non-hydrogen) atoms. The normalized spacial score (nSPS) is 23.5. The number of carbonyl (C=O) groups excluding carboxylic acids is 1. The predicted molar refractivity (Wildman–Crippen MR) is 72.5 cm³/mol. The van der Waals surface area contributed by atoms with E-state index in [4.69, 9.17) is 4.74 Å². The molecule has 2 N–H and O–H groups in total. The van der Waals surface area contributed by atoms with Crippen molar-refractivity contribution < 1.29 is 14.6 Å². The second-order valence-electron chi connectivity index (χ2n) is 5.00. The second kappa shape index (κ2) is 6.68. The largest absolute Gasteiger partial charge is 0.465 e. The van der Waals surface area contributed by atoms with Crippen molar-refractivity contribution in [1.29, 1.82) is 0 Å². The molecule has 1 fully saturated rings. The molecule has 0 amide bonds. The summed E-state index contributed by atoms with van der Waals surface area (Å²) in [4.78, 5) is 12.0. The number of esters is 1. The number of ether oxygens (including phenoxy) is 1. The molecule has 0 radical (unpaired) electrons. The minimum absolute atomic E-state index is 0.162. The Morgan fingerprint density at radius 1 is 1.42 bits per heavy atom. The molecule has 1 unspecified atom stereocenters. The first-order valence-electron chi connectivity index (χ1n) is 6.83. The first-order valence-corrected chi connectivity index (χ1v) is 6.83. The molecule has 0 saturated heterocycles. The van der Waals surface area contributed by atoms with Gasteiger partial charge in [-0.1, -0.05) is 30.3 Å². The summed E-state index contributed by atoms with van der Waals surface area (Å²) < 4.78 is 5.11. The highest BCUT2D eigenvalue weighted by molar-refractivity contribution is 5.77. The standard InChI is InChI=1S/C15H21NO3/c1-2-19-15(18)14(12-6-4-3-5-7-12)16-10-11-8-13(17)9-11/h3-7,11,13-14,16-17H,2,8-10H2,1H3. The van der Waals surface area contributed by atoms with Crippen molar-refractivity contribution in [3.05, 3.63) is 35.9 Å². The van der Waals surface area contributed by atoms with E-state index in [1.165, 1.54) is 0 Å². The number of hydrogen-bond donors (Lipinski definition) is 2. The van der Waals surface area contributed by atoms with Gasteiger partial charge in [-0.3, -0.25) is 0 Å². The van der Waals surface area contributed by atoms with Crippen LogP contribution < -0.4 is 5.32 Å². The van der Waals surface area contributed by atoms with Crippen LogP contribution in [-0.4, -0.2) is 30.3 Å². The number of rotatable bonds is 6. The summed E-state index contributed by atoms with van der Waals surface area (Å²) in [5.41, 5.74) is 0.917. The smallest absolute Gasteiger partial charge is 0.327 e. The summed E-state index contributed by atoms with van der Waals surface area (Å²) in [7, 11) is 0. The average molecular weight is 263 g/mol. The summed E-state index contributed by atoms with van der Waals surface area (Å²) in [5, 5.41) is 12.5. The fourth-order valence-electron chi connectivity index (χ4n) is 2.36. The van der Waals surface area contributed by atoms with Crippen LogP contribution in [0, 0.1) is 5.92 Å². The highest BCUT2D eigenvalue weighted by Crippen LogP contribution is 2.27. The molecular formula is C15H21NO3. The molecule has 1 aliphatic carbocycles. The van der Waals surface area contributed by atoms with Crippen molar-refractivity contribution in [1.82, 2.24) is 5.32 Å². The van der Waals surface area contributed by atoms with Crippen molar-refractivity contribution in [2.24, 2.45) is 5.92 Å². The maximum absolute atomic E-state index is 12.0. The van der Waals surface area contributed by atoms with E-state index in [-0.39, 0.29) is 12.1 Å². The third kappa shape index (κ3) is 3.78. The quantitative estimate of drug-likeness (QED) is 0.766. The predicted octanol–water partition coefficient (Wildman–Crippen LogP) is 1.65. The van der Waals surface area contributed by atoms with Crippen molar-refractivity contribution >= 4 is 5.97 Å². The lowest BCUT2D eigenvalue weighted by Crippen LogP contribution is -2.39. The fourth-order valence-corrected chi connectivity index (χ4v) is 2.36. The third-order valence-electron chi connectivity index (χ3n) is 3.48. The van der Waals surface area contributed by atoms with Gasteiger partial charge in [0.25, 0.3) is 0 Å². The van der Waals surface area contributed by atoms with Crippen LogP contribution in [0.4, 0.5) is 0 Å². The molecule has 1 aliphatic rings. The minimum atomic E-state index is -0.418. The monoisotopic (exact) mass is 263 g/mol. The molecule has 1 atom stereocenters. The summed E-state index contributed by atoms with van der Waals surface area (Å²) >= 11 is 0. The van der Waals surface area contributed by atoms with Gasteiger partial charge in [-0.2, -0.15) is 0 Å². The Bertz CT molecular complexity index is 401. The van der Waals surface area contributed by atoms with E-state index in [9.17, 15) is 9.90 Å². The third-order valence-corrected chi connectivity index (χ3v) is 3.48. The summed E-state index contributed by atoms with van der Waals surface area (Å²) in [6.45, 7) is 2.92. The molecule has 1 aromatic carbocycles. The van der Waals surface area contributed by atoms with Gasteiger partial charge in [0.2, 0.25) is 0 Å². The van der Waals surface area contributed by atoms with Crippen LogP contribution in [0.1, 0.15) is 31.4 Å². The lowest BCUT2D eigenvalue weighted by molar-refractivity contribution is -0.146. The second-order valence-corrected chi connectivity index (χ2v) is 5.00. The van der Waals surface area contributed by atoms with Crippen molar-refractivity contribution in [3.8, 4) is 0 Å². The van der Waals surface area contributed by atoms with Crippen LogP contribution in [0.3, 0.4) is 0 Å². The Balaban J connectivity index is 1.96. The topological polar surface area (TPSA) is 58.6 Å². The highest BCUT2D eigenvalue weighted by atomic mass is 16.5. The van der Waals surface area contributed by atoms with Crippen LogP contribution in [0.2, 0.25) is 0 Å². The molecular weight excluding hydrogens is 242 g/mol. The van der Waals surface area contributed by atoms with E-state index >= 15 is 0 Å². The van der Waals surface area contributed by atoms with E-state index in [2.05, 4.69) is 5.32 Å². The number of benzene rings is 1. The zero-order valence-electron chi connectivity index (χ0n) is 11.2. The van der Waals surface area contributed by atoms with Gasteiger partial charge in [-0.05, 0) is 37.8 Å². The average Bonchev–Trinajstić information content (AvgIpc) is 2.38. The van der Waals surface area contributed by atoms with Crippen molar-refractivity contribution in [2.45, 2.75) is 31.9 Å². The van der Waals surface area contributed by atoms with Crippen LogP contribution in [0.5, 0.6) is 0 Å². The maximum atomic E-state index is 12.0. The van der Waals surface area contributed by atoms with E-state index in [0.717, 1.165) is 24.9 Å². The molecule has 2 rings (SSSR count). The summed E-state index contributed by atoms with van der Waals surface area (Å²) in [6, 6.07) is 9.17. The fraction of sp³-hybridized carbons (Fsp3) is 0.533. The molecule has 0 aliphatic heterocycles. The summed E-state index contributed by atoms with van der Waals surface area (Å²) in [5.74, 6) is 0.212. The summed E-state index contributed by atoms with van der Waals surface area (Å²) in [6.07, 6.45) is 1.47. The Labute approximate surface area is 113 Å². The number of carbonyl (C=O) groups is 1. The molecule has 1 saturated carbocycles. The first-order chi connectivity index (χ1) is 9.20. The maximum Gasteiger partial charge on any atom is 0.327 e. The zero-order valence-corrected chi connectivity index (χ0v) is 11.2. The van der Waals surface area contributed by atoms with Gasteiger partial charge in [-0.15, -0.1) is 0 Å². The molecule has 0 heterocycles. The molecule has 0 spiro atoms. The lowest BCUT2D eigenvalue weighted by Gasteiger charge is -2.32. The zero-order chi connectivity index (χ0) is 13.7. The van der Waals surface area contributed by atoms with E-state index in [1.807, 2.05) is 37.3 Å². The lowest BCUT2D eigenvalue weighted by atomic mass is 9.82. The molecule has 0 bridgehead atoms.